The molecule has 0 aliphatic heterocycles. The second-order valence-electron chi connectivity index (χ2n) is 2.70. The summed E-state index contributed by atoms with van der Waals surface area (Å²) >= 11 is 3.77. The third-order valence-corrected chi connectivity index (χ3v) is 1.58. The fourth-order valence-electron chi connectivity index (χ4n) is 0.377. The van der Waals surface area contributed by atoms with Crippen LogP contribution in [0.1, 0.15) is 0 Å². The Balaban J connectivity index is 0. The zero-order valence-electron chi connectivity index (χ0n) is 8.77. The van der Waals surface area contributed by atoms with Crippen molar-refractivity contribution < 1.29 is 37.8 Å². The Morgan fingerprint density at radius 2 is 1.67 bits per heavy atom. The van der Waals surface area contributed by atoms with E-state index in [1.807, 2.05) is 0 Å². The highest BCUT2D eigenvalue weighted by Gasteiger charge is 2.38. The van der Waals surface area contributed by atoms with Gasteiger partial charge in [-0.1, -0.05) is 0 Å². The molecule has 0 aliphatic rings. The fourth-order valence-corrected chi connectivity index (χ4v) is 0.543. The third-order valence-electron chi connectivity index (χ3n) is 1.19. The molecule has 7 nitrogen and oxygen atoms in total. The van der Waals surface area contributed by atoms with Gasteiger partial charge in [-0.3, -0.25) is 9.59 Å². The van der Waals surface area contributed by atoms with E-state index in [2.05, 4.69) is 17.9 Å². The van der Waals surface area contributed by atoms with E-state index in [1.165, 1.54) is 0 Å². The average Bonchev–Trinajstić information content (AvgIpc) is 2.24. The molecule has 5 N–H and O–H groups in total. The SMILES string of the molecule is N[C@H](CS)C(=O)NCC(=O)O.O=C(O)C(F)(F)F. The standard InChI is InChI=1S/C5H10N2O3S.C2HF3O2/c6-3(2-11)5(10)7-1-4(8)9;3-2(4,5)1(6)7/h3,11H,1-2,6H2,(H,7,10)(H,8,9);(H,6,7)/t3-;/m1./s1. The highest BCUT2D eigenvalue weighted by Crippen LogP contribution is 2.13. The van der Waals surface area contributed by atoms with Gasteiger partial charge in [-0.2, -0.15) is 25.8 Å². The number of carbonyl (C=O) groups is 3. The van der Waals surface area contributed by atoms with Gasteiger partial charge in [0.25, 0.3) is 0 Å². The summed E-state index contributed by atoms with van der Waals surface area (Å²) in [7, 11) is 0. The first-order valence-electron chi connectivity index (χ1n) is 4.18. The van der Waals surface area contributed by atoms with Gasteiger partial charge in [0.05, 0.1) is 6.04 Å². The number of carboxylic acid groups (broad SMARTS) is 2. The lowest BCUT2D eigenvalue weighted by atomic mass is 10.3. The van der Waals surface area contributed by atoms with Crippen LogP contribution in [0.2, 0.25) is 0 Å². The van der Waals surface area contributed by atoms with Gasteiger partial charge in [-0.05, 0) is 0 Å². The van der Waals surface area contributed by atoms with E-state index in [0.29, 0.717) is 0 Å². The summed E-state index contributed by atoms with van der Waals surface area (Å²) in [6.45, 7) is -0.402. The average molecular weight is 292 g/mol. The van der Waals surface area contributed by atoms with Crippen LogP contribution >= 0.6 is 12.6 Å². The molecule has 18 heavy (non-hydrogen) atoms. The van der Waals surface area contributed by atoms with Gasteiger partial charge in [0.2, 0.25) is 5.91 Å². The summed E-state index contributed by atoms with van der Waals surface area (Å²) in [4.78, 5) is 29.6. The van der Waals surface area contributed by atoms with E-state index in [4.69, 9.17) is 20.7 Å². The predicted molar refractivity (Wildman–Crippen MR) is 56.2 cm³/mol. The molecule has 1 atom stereocenters. The molecule has 0 aromatic heterocycles. The van der Waals surface area contributed by atoms with E-state index >= 15 is 0 Å². The van der Waals surface area contributed by atoms with Gasteiger partial charge in [0, 0.05) is 5.75 Å². The number of amides is 1. The minimum Gasteiger partial charge on any atom is -0.480 e. The maximum atomic E-state index is 10.7. The first-order valence-corrected chi connectivity index (χ1v) is 4.81. The summed E-state index contributed by atoms with van der Waals surface area (Å²) in [5.41, 5.74) is 5.22. The van der Waals surface area contributed by atoms with E-state index in [1.54, 1.807) is 0 Å². The van der Waals surface area contributed by atoms with Crippen molar-refractivity contribution in [1.29, 1.82) is 0 Å². The maximum Gasteiger partial charge on any atom is 0.490 e. The molecule has 1 amide bonds. The van der Waals surface area contributed by atoms with Crippen LogP contribution in [0.5, 0.6) is 0 Å². The minimum absolute atomic E-state index is 0.200. The molecule has 106 valence electrons. The predicted octanol–water partition coefficient (Wildman–Crippen LogP) is -0.922. The van der Waals surface area contributed by atoms with Crippen LogP contribution in [0.15, 0.2) is 0 Å². The lowest BCUT2D eigenvalue weighted by molar-refractivity contribution is -0.192. The number of halogens is 3. The molecule has 0 saturated heterocycles. The summed E-state index contributed by atoms with van der Waals surface area (Å²) in [6, 6.07) is -0.738. The quantitative estimate of drug-likeness (QED) is 0.426. The monoisotopic (exact) mass is 292 g/mol. The van der Waals surface area contributed by atoms with E-state index in [-0.39, 0.29) is 5.75 Å². The molecule has 0 radical (unpaired) electrons. The molecular weight excluding hydrogens is 281 g/mol. The van der Waals surface area contributed by atoms with Crippen molar-refractivity contribution in [1.82, 2.24) is 5.32 Å². The van der Waals surface area contributed by atoms with Crippen molar-refractivity contribution >= 4 is 30.5 Å². The first kappa shape index (κ1) is 18.9. The van der Waals surface area contributed by atoms with Crippen LogP contribution in [-0.2, 0) is 14.4 Å². The Kier molecular flexibility index (Phi) is 8.99. The van der Waals surface area contributed by atoms with Gasteiger partial charge in [-0.25, -0.2) is 4.79 Å². The number of hydrogen-bond donors (Lipinski definition) is 5. The minimum atomic E-state index is -5.08. The molecule has 11 heteroatoms. The summed E-state index contributed by atoms with van der Waals surface area (Å²) in [6.07, 6.45) is -5.08. The second kappa shape index (κ2) is 8.58. The third kappa shape index (κ3) is 11.0. The zero-order chi connectivity index (χ0) is 14.9. The summed E-state index contributed by atoms with van der Waals surface area (Å²) in [5, 5.41) is 17.4. The molecule has 0 heterocycles. The van der Waals surface area contributed by atoms with Crippen molar-refractivity contribution in [2.75, 3.05) is 12.3 Å². The number of carboxylic acids is 2. The molecular formula is C7H11F3N2O5S. The van der Waals surface area contributed by atoms with Gasteiger partial charge >= 0.3 is 18.1 Å². The number of nitrogens with two attached hydrogens (primary N) is 1. The van der Waals surface area contributed by atoms with Gasteiger partial charge < -0.3 is 21.3 Å². The number of thiol groups is 1. The number of hydrogen-bond acceptors (Lipinski definition) is 5. The molecule has 0 saturated carbocycles. The Morgan fingerprint density at radius 3 is 1.89 bits per heavy atom. The highest BCUT2D eigenvalue weighted by molar-refractivity contribution is 7.80. The smallest absolute Gasteiger partial charge is 0.480 e. The molecule has 0 rings (SSSR count). The van der Waals surface area contributed by atoms with Crippen molar-refractivity contribution in [2.45, 2.75) is 12.2 Å². The van der Waals surface area contributed by atoms with Crippen LogP contribution < -0.4 is 11.1 Å². The number of rotatable bonds is 4. The van der Waals surface area contributed by atoms with Crippen molar-refractivity contribution in [3.63, 3.8) is 0 Å². The van der Waals surface area contributed by atoms with Gasteiger partial charge in [0.1, 0.15) is 6.54 Å². The van der Waals surface area contributed by atoms with Crippen LogP contribution in [0.25, 0.3) is 0 Å². The summed E-state index contributed by atoms with van der Waals surface area (Å²) in [5.74, 6) is -4.15. The molecule has 0 bridgehead atoms. The molecule has 0 aliphatic carbocycles. The van der Waals surface area contributed by atoms with Crippen molar-refractivity contribution in [3.05, 3.63) is 0 Å². The second-order valence-corrected chi connectivity index (χ2v) is 3.07. The lowest BCUT2D eigenvalue weighted by Gasteiger charge is -2.06. The normalized spacial score (nSPS) is 11.8. The van der Waals surface area contributed by atoms with Crippen LogP contribution in [0.3, 0.4) is 0 Å². The Morgan fingerprint density at radius 1 is 1.28 bits per heavy atom. The van der Waals surface area contributed by atoms with Gasteiger partial charge in [-0.15, -0.1) is 0 Å². The molecule has 0 aromatic rings. The van der Waals surface area contributed by atoms with Crippen LogP contribution in [0.4, 0.5) is 13.2 Å². The summed E-state index contributed by atoms with van der Waals surface area (Å²) < 4.78 is 31.7. The van der Waals surface area contributed by atoms with Gasteiger partial charge in [0.15, 0.2) is 0 Å². The molecule has 0 aromatic carbocycles. The fraction of sp³-hybridized carbons (Fsp3) is 0.571. The zero-order valence-corrected chi connectivity index (χ0v) is 9.66. The van der Waals surface area contributed by atoms with Crippen molar-refractivity contribution in [3.8, 4) is 0 Å². The maximum absolute atomic E-state index is 10.7. The topological polar surface area (TPSA) is 130 Å². The highest BCUT2D eigenvalue weighted by atomic mass is 32.1. The molecule has 0 spiro atoms. The number of aliphatic carboxylic acids is 2. The van der Waals surface area contributed by atoms with E-state index in [0.717, 1.165) is 0 Å². The largest absolute Gasteiger partial charge is 0.490 e. The van der Waals surface area contributed by atoms with Crippen molar-refractivity contribution in [2.24, 2.45) is 5.73 Å². The molecule has 0 unspecified atom stereocenters. The first-order chi connectivity index (χ1) is 8.02. The van der Waals surface area contributed by atoms with E-state index in [9.17, 15) is 22.8 Å². The Bertz CT molecular complexity index is 310. The Hall–Kier alpha value is -1.49. The van der Waals surface area contributed by atoms with E-state index < -0.39 is 36.6 Å². The lowest BCUT2D eigenvalue weighted by Crippen LogP contribution is -2.43. The number of nitrogens with one attached hydrogen (secondary N) is 1. The van der Waals surface area contributed by atoms with Crippen LogP contribution in [-0.4, -0.2) is 52.6 Å². The number of alkyl halides is 3. The van der Waals surface area contributed by atoms with Crippen LogP contribution in [0, 0.1) is 0 Å². The number of carbonyl (C=O) groups excluding carboxylic acids is 1. The molecule has 0 fully saturated rings. The Labute approximate surface area is 105 Å².